The van der Waals surface area contributed by atoms with E-state index in [1.807, 2.05) is 0 Å². The third-order valence-electron chi connectivity index (χ3n) is 4.35. The Balaban J connectivity index is 1.57. The smallest absolute Gasteiger partial charge is 0.0473 e. The van der Waals surface area contributed by atoms with Crippen molar-refractivity contribution < 1.29 is 0 Å². The number of hydrogen-bond acceptors (Lipinski definition) is 4. The Labute approximate surface area is 126 Å². The molecule has 0 bridgehead atoms. The van der Waals surface area contributed by atoms with Crippen LogP contribution in [0.15, 0.2) is 30.3 Å². The predicted molar refractivity (Wildman–Crippen MR) is 87.4 cm³/mol. The first kappa shape index (κ1) is 14.4. The average Bonchev–Trinajstić information content (AvgIpc) is 2.55. The number of benzene rings is 1. The molecule has 0 aliphatic carbocycles. The number of piperazine rings is 1. The number of rotatable bonds is 4. The van der Waals surface area contributed by atoms with Crippen molar-refractivity contribution in [2.75, 3.05) is 57.3 Å². The molecule has 3 rings (SSSR count). The highest BCUT2D eigenvalue weighted by atomic mass is 32.2. The van der Waals surface area contributed by atoms with Gasteiger partial charge in [0.2, 0.25) is 0 Å². The summed E-state index contributed by atoms with van der Waals surface area (Å²) in [6.07, 6.45) is 0. The lowest BCUT2D eigenvalue weighted by atomic mass is 10.0. The number of nitrogens with one attached hydrogen (secondary N) is 1. The molecule has 3 nitrogen and oxygen atoms in total. The molecule has 2 fully saturated rings. The van der Waals surface area contributed by atoms with Crippen molar-refractivity contribution in [1.29, 1.82) is 0 Å². The Morgan fingerprint density at radius 1 is 1.05 bits per heavy atom. The first-order chi connectivity index (χ1) is 9.93. The Morgan fingerprint density at radius 2 is 1.85 bits per heavy atom. The molecule has 110 valence electrons. The lowest BCUT2D eigenvalue weighted by Gasteiger charge is -2.38. The van der Waals surface area contributed by atoms with E-state index in [-0.39, 0.29) is 0 Å². The fourth-order valence-corrected chi connectivity index (χ4v) is 4.09. The quantitative estimate of drug-likeness (QED) is 0.909. The summed E-state index contributed by atoms with van der Waals surface area (Å²) in [7, 11) is 0. The van der Waals surface area contributed by atoms with Crippen molar-refractivity contribution in [3.05, 3.63) is 35.9 Å². The molecule has 0 aromatic heterocycles. The Bertz CT molecular complexity index is 392. The van der Waals surface area contributed by atoms with E-state index in [2.05, 4.69) is 57.2 Å². The third-order valence-corrected chi connectivity index (χ3v) is 5.29. The van der Waals surface area contributed by atoms with Crippen molar-refractivity contribution in [3.8, 4) is 0 Å². The van der Waals surface area contributed by atoms with Gasteiger partial charge < -0.3 is 10.2 Å². The number of thioether (sulfide) groups is 1. The summed E-state index contributed by atoms with van der Waals surface area (Å²) in [6, 6.07) is 11.5. The van der Waals surface area contributed by atoms with Crippen molar-refractivity contribution in [1.82, 2.24) is 15.1 Å². The molecule has 0 saturated carbocycles. The second-order valence-electron chi connectivity index (χ2n) is 5.62. The fourth-order valence-electron chi connectivity index (χ4n) is 3.11. The topological polar surface area (TPSA) is 18.5 Å². The van der Waals surface area contributed by atoms with Crippen LogP contribution in [0, 0.1) is 0 Å². The van der Waals surface area contributed by atoms with Gasteiger partial charge in [0, 0.05) is 63.4 Å². The van der Waals surface area contributed by atoms with Crippen molar-refractivity contribution in [2.24, 2.45) is 0 Å². The molecular weight excluding hydrogens is 266 g/mol. The summed E-state index contributed by atoms with van der Waals surface area (Å²) in [5.41, 5.74) is 1.45. The van der Waals surface area contributed by atoms with E-state index in [1.165, 1.54) is 49.8 Å². The van der Waals surface area contributed by atoms with Gasteiger partial charge in [-0.05, 0) is 5.56 Å². The lowest BCUT2D eigenvalue weighted by Crippen LogP contribution is -2.49. The minimum Gasteiger partial charge on any atom is -0.314 e. The third kappa shape index (κ3) is 3.76. The first-order valence-electron chi connectivity index (χ1n) is 7.73. The molecule has 0 amide bonds. The molecule has 2 heterocycles. The monoisotopic (exact) mass is 291 g/mol. The fraction of sp³-hybridized carbons (Fsp3) is 0.625. The zero-order valence-corrected chi connectivity index (χ0v) is 12.9. The standard InChI is InChI=1S/C16H25N3S/c1-2-4-15(5-3-1)16-14-17-6-7-19(16)9-8-18-10-12-20-13-11-18/h1-5,16-17H,6-14H2. The van der Waals surface area contributed by atoms with Gasteiger partial charge in [-0.15, -0.1) is 0 Å². The summed E-state index contributed by atoms with van der Waals surface area (Å²) in [4.78, 5) is 5.29. The van der Waals surface area contributed by atoms with E-state index in [1.54, 1.807) is 0 Å². The van der Waals surface area contributed by atoms with Crippen LogP contribution < -0.4 is 5.32 Å². The zero-order valence-electron chi connectivity index (χ0n) is 12.1. The number of hydrogen-bond donors (Lipinski definition) is 1. The van der Waals surface area contributed by atoms with Gasteiger partial charge in [0.25, 0.3) is 0 Å². The highest BCUT2D eigenvalue weighted by Crippen LogP contribution is 2.21. The van der Waals surface area contributed by atoms with E-state index in [9.17, 15) is 0 Å². The molecule has 1 aromatic rings. The highest BCUT2D eigenvalue weighted by Gasteiger charge is 2.23. The van der Waals surface area contributed by atoms with Crippen LogP contribution in [0.1, 0.15) is 11.6 Å². The minimum absolute atomic E-state index is 0.545. The maximum absolute atomic E-state index is 3.54. The van der Waals surface area contributed by atoms with E-state index in [0.29, 0.717) is 6.04 Å². The van der Waals surface area contributed by atoms with Crippen LogP contribution in [0.25, 0.3) is 0 Å². The molecule has 1 unspecified atom stereocenters. The lowest BCUT2D eigenvalue weighted by molar-refractivity contribution is 0.139. The van der Waals surface area contributed by atoms with Crippen molar-refractivity contribution in [2.45, 2.75) is 6.04 Å². The van der Waals surface area contributed by atoms with Gasteiger partial charge in [-0.3, -0.25) is 4.90 Å². The van der Waals surface area contributed by atoms with Gasteiger partial charge in [-0.2, -0.15) is 11.8 Å². The summed E-state index contributed by atoms with van der Waals surface area (Å²) < 4.78 is 0. The van der Waals surface area contributed by atoms with Gasteiger partial charge in [0.15, 0.2) is 0 Å². The van der Waals surface area contributed by atoms with E-state index in [0.717, 1.165) is 13.1 Å². The molecular formula is C16H25N3S. The van der Waals surface area contributed by atoms with Gasteiger partial charge in [0.1, 0.15) is 0 Å². The molecule has 0 spiro atoms. The SMILES string of the molecule is c1ccc(C2CNCCN2CCN2CCSCC2)cc1. The molecule has 2 aliphatic rings. The summed E-state index contributed by atoms with van der Waals surface area (Å²) >= 11 is 2.09. The second kappa shape index (κ2) is 7.46. The Kier molecular flexibility index (Phi) is 5.36. The normalized spacial score (nSPS) is 25.7. The van der Waals surface area contributed by atoms with Crippen LogP contribution in [0.4, 0.5) is 0 Å². The summed E-state index contributed by atoms with van der Waals surface area (Å²) in [5, 5.41) is 3.54. The summed E-state index contributed by atoms with van der Waals surface area (Å²) in [5.74, 6) is 2.62. The van der Waals surface area contributed by atoms with Crippen molar-refractivity contribution in [3.63, 3.8) is 0 Å². The highest BCUT2D eigenvalue weighted by molar-refractivity contribution is 7.99. The minimum atomic E-state index is 0.545. The largest absolute Gasteiger partial charge is 0.314 e. The molecule has 0 radical (unpaired) electrons. The van der Waals surface area contributed by atoms with Crippen LogP contribution >= 0.6 is 11.8 Å². The zero-order chi connectivity index (χ0) is 13.6. The van der Waals surface area contributed by atoms with Gasteiger partial charge in [0.05, 0.1) is 0 Å². The molecule has 2 saturated heterocycles. The van der Waals surface area contributed by atoms with Gasteiger partial charge in [-0.25, -0.2) is 0 Å². The predicted octanol–water partition coefficient (Wildman–Crippen LogP) is 1.68. The van der Waals surface area contributed by atoms with Gasteiger partial charge >= 0.3 is 0 Å². The van der Waals surface area contributed by atoms with Gasteiger partial charge in [-0.1, -0.05) is 30.3 Å². The maximum Gasteiger partial charge on any atom is 0.0473 e. The van der Waals surface area contributed by atoms with Crippen LogP contribution in [0.5, 0.6) is 0 Å². The van der Waals surface area contributed by atoms with E-state index < -0.39 is 0 Å². The average molecular weight is 291 g/mol. The number of nitrogens with zero attached hydrogens (tertiary/aromatic N) is 2. The molecule has 1 aromatic carbocycles. The molecule has 4 heteroatoms. The van der Waals surface area contributed by atoms with Crippen LogP contribution in [-0.2, 0) is 0 Å². The van der Waals surface area contributed by atoms with E-state index >= 15 is 0 Å². The second-order valence-corrected chi connectivity index (χ2v) is 6.85. The Morgan fingerprint density at radius 3 is 2.65 bits per heavy atom. The van der Waals surface area contributed by atoms with Crippen LogP contribution in [-0.4, -0.2) is 67.1 Å². The molecule has 1 N–H and O–H groups in total. The van der Waals surface area contributed by atoms with Crippen LogP contribution in [0.2, 0.25) is 0 Å². The van der Waals surface area contributed by atoms with E-state index in [4.69, 9.17) is 0 Å². The van der Waals surface area contributed by atoms with Crippen LogP contribution in [0.3, 0.4) is 0 Å². The summed E-state index contributed by atoms with van der Waals surface area (Å²) in [6.45, 7) is 8.34. The molecule has 20 heavy (non-hydrogen) atoms. The molecule has 1 atom stereocenters. The van der Waals surface area contributed by atoms with Crippen molar-refractivity contribution >= 4 is 11.8 Å². The molecule has 2 aliphatic heterocycles. The first-order valence-corrected chi connectivity index (χ1v) is 8.89. The maximum atomic E-state index is 3.54. The Hall–Kier alpha value is -0.550.